The van der Waals surface area contributed by atoms with E-state index in [2.05, 4.69) is 47.9 Å². The summed E-state index contributed by atoms with van der Waals surface area (Å²) >= 11 is 0. The van der Waals surface area contributed by atoms with Crippen LogP contribution in [-0.2, 0) is 6.54 Å². The van der Waals surface area contributed by atoms with E-state index in [-0.39, 0.29) is 0 Å². The zero-order valence-electron chi connectivity index (χ0n) is 14.0. The Labute approximate surface area is 129 Å². The number of hydrogen-bond acceptors (Lipinski definition) is 4. The van der Waals surface area contributed by atoms with Crippen LogP contribution >= 0.6 is 0 Å². The molecule has 0 atom stereocenters. The van der Waals surface area contributed by atoms with E-state index in [1.807, 2.05) is 12.4 Å². The Morgan fingerprint density at radius 1 is 1.14 bits per heavy atom. The fraction of sp³-hybridized carbons (Fsp3) is 0.765. The highest BCUT2D eigenvalue weighted by atomic mass is 15.3. The van der Waals surface area contributed by atoms with Crippen LogP contribution in [0, 0.1) is 5.92 Å². The number of anilines is 1. The first-order valence-corrected chi connectivity index (χ1v) is 8.37. The summed E-state index contributed by atoms with van der Waals surface area (Å²) in [5, 5.41) is 3.40. The van der Waals surface area contributed by atoms with Crippen molar-refractivity contribution in [2.24, 2.45) is 5.92 Å². The Kier molecular flexibility index (Phi) is 5.97. The van der Waals surface area contributed by atoms with Crippen molar-refractivity contribution < 1.29 is 0 Å². The largest absolute Gasteiger partial charge is 0.338 e. The summed E-state index contributed by atoms with van der Waals surface area (Å²) in [5.74, 6) is 1.54. The lowest BCUT2D eigenvalue weighted by Crippen LogP contribution is -2.37. The molecule has 118 valence electrons. The van der Waals surface area contributed by atoms with Crippen molar-refractivity contribution >= 4 is 5.95 Å². The highest BCUT2D eigenvalue weighted by Gasteiger charge is 2.25. The minimum atomic E-state index is 0.487. The molecule has 0 saturated heterocycles. The highest BCUT2D eigenvalue weighted by molar-refractivity contribution is 5.32. The molecule has 0 aromatic carbocycles. The van der Waals surface area contributed by atoms with Gasteiger partial charge in [0.25, 0.3) is 0 Å². The predicted molar refractivity (Wildman–Crippen MR) is 88.4 cm³/mol. The SMILES string of the molecule is CC(C)CN(c1ncc(CNC(C)C)cn1)C1CCCC1. The molecule has 0 unspecified atom stereocenters. The molecule has 0 radical (unpaired) electrons. The van der Waals surface area contributed by atoms with Crippen LogP contribution in [0.5, 0.6) is 0 Å². The van der Waals surface area contributed by atoms with Gasteiger partial charge in [-0.2, -0.15) is 0 Å². The monoisotopic (exact) mass is 290 g/mol. The third-order valence-electron chi connectivity index (χ3n) is 3.99. The molecule has 1 heterocycles. The summed E-state index contributed by atoms with van der Waals surface area (Å²) < 4.78 is 0. The summed E-state index contributed by atoms with van der Waals surface area (Å²) in [6, 6.07) is 1.12. The predicted octanol–water partition coefficient (Wildman–Crippen LogP) is 3.38. The Morgan fingerprint density at radius 2 is 1.76 bits per heavy atom. The Bertz CT molecular complexity index is 407. The van der Waals surface area contributed by atoms with E-state index in [1.165, 1.54) is 25.7 Å². The maximum Gasteiger partial charge on any atom is 0.225 e. The van der Waals surface area contributed by atoms with Crippen LogP contribution in [-0.4, -0.2) is 28.6 Å². The van der Waals surface area contributed by atoms with Crippen LogP contribution < -0.4 is 10.2 Å². The van der Waals surface area contributed by atoms with Crippen molar-refractivity contribution in [3.05, 3.63) is 18.0 Å². The van der Waals surface area contributed by atoms with Gasteiger partial charge < -0.3 is 10.2 Å². The molecule has 2 rings (SSSR count). The summed E-state index contributed by atoms with van der Waals surface area (Å²) in [6.07, 6.45) is 9.20. The number of rotatable bonds is 7. The lowest BCUT2D eigenvalue weighted by atomic mass is 10.1. The Hall–Kier alpha value is -1.16. The van der Waals surface area contributed by atoms with Crippen LogP contribution in [0.1, 0.15) is 58.9 Å². The van der Waals surface area contributed by atoms with Gasteiger partial charge in [0, 0.05) is 43.1 Å². The first-order valence-electron chi connectivity index (χ1n) is 8.37. The van der Waals surface area contributed by atoms with Crippen molar-refractivity contribution in [3.8, 4) is 0 Å². The van der Waals surface area contributed by atoms with Gasteiger partial charge in [-0.1, -0.05) is 40.5 Å². The van der Waals surface area contributed by atoms with Gasteiger partial charge in [0.1, 0.15) is 0 Å². The topological polar surface area (TPSA) is 41.1 Å². The van der Waals surface area contributed by atoms with Crippen molar-refractivity contribution in [1.82, 2.24) is 15.3 Å². The second-order valence-corrected chi connectivity index (χ2v) is 6.91. The van der Waals surface area contributed by atoms with E-state index in [4.69, 9.17) is 0 Å². The average Bonchev–Trinajstić information content (AvgIpc) is 2.97. The molecule has 1 N–H and O–H groups in total. The van der Waals surface area contributed by atoms with E-state index in [9.17, 15) is 0 Å². The molecule has 1 aromatic heterocycles. The quantitative estimate of drug-likeness (QED) is 0.836. The molecule has 0 amide bonds. The second-order valence-electron chi connectivity index (χ2n) is 6.91. The maximum absolute atomic E-state index is 4.63. The van der Waals surface area contributed by atoms with E-state index in [0.717, 1.165) is 24.6 Å². The van der Waals surface area contributed by atoms with Gasteiger partial charge in [0.05, 0.1) is 0 Å². The summed E-state index contributed by atoms with van der Waals surface area (Å²) in [5.41, 5.74) is 1.16. The average molecular weight is 290 g/mol. The molecule has 1 aromatic rings. The first-order chi connectivity index (χ1) is 10.1. The molecular weight excluding hydrogens is 260 g/mol. The first kappa shape index (κ1) is 16.2. The molecule has 1 saturated carbocycles. The standard InChI is InChI=1S/C17H30N4/c1-13(2)12-21(16-7-5-6-8-16)17-19-10-15(11-20-17)9-18-14(3)4/h10-11,13-14,16,18H,5-9,12H2,1-4H3. The molecular formula is C17H30N4. The molecule has 1 aliphatic rings. The zero-order chi connectivity index (χ0) is 15.2. The van der Waals surface area contributed by atoms with Gasteiger partial charge in [-0.15, -0.1) is 0 Å². The number of nitrogens with one attached hydrogen (secondary N) is 1. The summed E-state index contributed by atoms with van der Waals surface area (Å²) in [6.45, 7) is 10.7. The fourth-order valence-corrected chi connectivity index (χ4v) is 2.91. The molecule has 4 nitrogen and oxygen atoms in total. The Morgan fingerprint density at radius 3 is 2.29 bits per heavy atom. The molecule has 0 spiro atoms. The number of nitrogens with zero attached hydrogens (tertiary/aromatic N) is 3. The minimum absolute atomic E-state index is 0.487. The summed E-state index contributed by atoms with van der Waals surface area (Å²) in [4.78, 5) is 11.7. The third kappa shape index (κ3) is 4.95. The van der Waals surface area contributed by atoms with Crippen LogP contribution in [0.2, 0.25) is 0 Å². The van der Waals surface area contributed by atoms with Crippen LogP contribution in [0.4, 0.5) is 5.95 Å². The lowest BCUT2D eigenvalue weighted by molar-refractivity contribution is 0.525. The minimum Gasteiger partial charge on any atom is -0.338 e. The van der Waals surface area contributed by atoms with E-state index < -0.39 is 0 Å². The maximum atomic E-state index is 4.63. The molecule has 0 aliphatic heterocycles. The zero-order valence-corrected chi connectivity index (χ0v) is 14.0. The van der Waals surface area contributed by atoms with Crippen LogP contribution in [0.15, 0.2) is 12.4 Å². The molecule has 21 heavy (non-hydrogen) atoms. The smallest absolute Gasteiger partial charge is 0.225 e. The van der Waals surface area contributed by atoms with Gasteiger partial charge >= 0.3 is 0 Å². The van der Waals surface area contributed by atoms with E-state index in [0.29, 0.717) is 18.0 Å². The van der Waals surface area contributed by atoms with Crippen LogP contribution in [0.25, 0.3) is 0 Å². The van der Waals surface area contributed by atoms with E-state index in [1.54, 1.807) is 0 Å². The molecule has 4 heteroatoms. The van der Waals surface area contributed by atoms with Crippen LogP contribution in [0.3, 0.4) is 0 Å². The number of aromatic nitrogens is 2. The molecule has 1 fully saturated rings. The normalized spacial score (nSPS) is 16.1. The van der Waals surface area contributed by atoms with Gasteiger partial charge in [-0.25, -0.2) is 9.97 Å². The second kappa shape index (κ2) is 7.74. The van der Waals surface area contributed by atoms with E-state index >= 15 is 0 Å². The van der Waals surface area contributed by atoms with Gasteiger partial charge in [0.15, 0.2) is 0 Å². The van der Waals surface area contributed by atoms with Crippen molar-refractivity contribution in [3.63, 3.8) is 0 Å². The third-order valence-corrected chi connectivity index (χ3v) is 3.99. The van der Waals surface area contributed by atoms with Gasteiger partial charge in [-0.3, -0.25) is 0 Å². The molecule has 0 bridgehead atoms. The van der Waals surface area contributed by atoms with Crippen molar-refractivity contribution in [2.75, 3.05) is 11.4 Å². The molecule has 1 aliphatic carbocycles. The van der Waals surface area contributed by atoms with Gasteiger partial charge in [0.2, 0.25) is 5.95 Å². The number of hydrogen-bond donors (Lipinski definition) is 1. The van der Waals surface area contributed by atoms with Crippen molar-refractivity contribution in [1.29, 1.82) is 0 Å². The summed E-state index contributed by atoms with van der Waals surface area (Å²) in [7, 11) is 0. The highest BCUT2D eigenvalue weighted by Crippen LogP contribution is 2.26. The lowest BCUT2D eigenvalue weighted by Gasteiger charge is -2.30. The van der Waals surface area contributed by atoms with Crippen molar-refractivity contribution in [2.45, 2.75) is 72.0 Å². The van der Waals surface area contributed by atoms with Gasteiger partial charge in [-0.05, 0) is 18.8 Å². The fourth-order valence-electron chi connectivity index (χ4n) is 2.91. The Balaban J connectivity index is 2.05.